The van der Waals surface area contributed by atoms with Crippen molar-refractivity contribution in [1.82, 2.24) is 9.88 Å². The summed E-state index contributed by atoms with van der Waals surface area (Å²) in [7, 11) is 0. The molecule has 4 heteroatoms. The molecule has 0 amide bonds. The smallest absolute Gasteiger partial charge is 0.119 e. The van der Waals surface area contributed by atoms with E-state index in [-0.39, 0.29) is 0 Å². The number of ether oxygens (including phenoxy) is 1. The topological polar surface area (TPSA) is 25.4 Å². The van der Waals surface area contributed by atoms with Gasteiger partial charge in [-0.05, 0) is 36.8 Å². The second kappa shape index (κ2) is 5.78. The van der Waals surface area contributed by atoms with E-state index in [9.17, 15) is 0 Å². The number of benzene rings is 1. The molecule has 0 radical (unpaired) electrons. The van der Waals surface area contributed by atoms with Crippen LogP contribution in [0.3, 0.4) is 0 Å². The molecule has 0 N–H and O–H groups in total. The van der Waals surface area contributed by atoms with Crippen molar-refractivity contribution >= 4 is 11.3 Å². The molecule has 21 heavy (non-hydrogen) atoms. The summed E-state index contributed by atoms with van der Waals surface area (Å²) in [6, 6.07) is 10.2. The van der Waals surface area contributed by atoms with Gasteiger partial charge in [0.2, 0.25) is 0 Å². The van der Waals surface area contributed by atoms with Crippen molar-refractivity contribution in [1.29, 1.82) is 0 Å². The SMILES string of the molecule is c1ccc(OC2C[C@@H]3CN(Cc4cncs4)C[C@@H]3C2)cc1. The summed E-state index contributed by atoms with van der Waals surface area (Å²) < 4.78 is 6.13. The lowest BCUT2D eigenvalue weighted by atomic mass is 10.0. The molecule has 0 bridgehead atoms. The largest absolute Gasteiger partial charge is 0.490 e. The molecule has 2 aliphatic rings. The van der Waals surface area contributed by atoms with E-state index in [0.717, 1.165) is 24.1 Å². The van der Waals surface area contributed by atoms with Gasteiger partial charge in [-0.1, -0.05) is 18.2 Å². The lowest BCUT2D eigenvalue weighted by molar-refractivity contribution is 0.184. The monoisotopic (exact) mass is 300 g/mol. The van der Waals surface area contributed by atoms with E-state index in [0.29, 0.717) is 6.10 Å². The highest BCUT2D eigenvalue weighted by molar-refractivity contribution is 7.09. The van der Waals surface area contributed by atoms with Crippen LogP contribution in [0.2, 0.25) is 0 Å². The van der Waals surface area contributed by atoms with Crippen LogP contribution in [0.1, 0.15) is 17.7 Å². The fourth-order valence-corrected chi connectivity index (χ4v) is 4.43. The Balaban J connectivity index is 1.31. The first-order valence-corrected chi connectivity index (χ1v) is 8.56. The normalized spacial score (nSPS) is 28.7. The van der Waals surface area contributed by atoms with Crippen molar-refractivity contribution in [3.63, 3.8) is 0 Å². The molecule has 3 atom stereocenters. The first kappa shape index (κ1) is 13.3. The second-order valence-corrected chi connectivity index (χ2v) is 7.18. The molecule has 1 saturated heterocycles. The number of hydrogen-bond donors (Lipinski definition) is 0. The Morgan fingerprint density at radius 1 is 1.14 bits per heavy atom. The zero-order valence-electron chi connectivity index (χ0n) is 12.0. The minimum Gasteiger partial charge on any atom is -0.490 e. The molecule has 1 aromatic heterocycles. The van der Waals surface area contributed by atoms with Crippen LogP contribution in [0.4, 0.5) is 0 Å². The third-order valence-corrected chi connectivity index (χ3v) is 5.46. The fraction of sp³-hybridized carbons (Fsp3) is 0.471. The second-order valence-electron chi connectivity index (χ2n) is 6.21. The molecule has 1 unspecified atom stereocenters. The highest BCUT2D eigenvalue weighted by Gasteiger charge is 2.41. The molecule has 0 spiro atoms. The van der Waals surface area contributed by atoms with Gasteiger partial charge in [-0.25, -0.2) is 0 Å². The van der Waals surface area contributed by atoms with E-state index in [4.69, 9.17) is 4.74 Å². The fourth-order valence-electron chi connectivity index (χ4n) is 3.80. The third-order valence-electron chi connectivity index (χ3n) is 4.69. The highest BCUT2D eigenvalue weighted by Crippen LogP contribution is 2.40. The van der Waals surface area contributed by atoms with Crippen molar-refractivity contribution in [3.05, 3.63) is 46.9 Å². The van der Waals surface area contributed by atoms with E-state index in [2.05, 4.69) is 22.0 Å². The molecule has 2 aromatic rings. The number of nitrogens with zero attached hydrogens (tertiary/aromatic N) is 2. The predicted molar refractivity (Wildman–Crippen MR) is 84.5 cm³/mol. The van der Waals surface area contributed by atoms with E-state index in [1.54, 1.807) is 11.3 Å². The van der Waals surface area contributed by atoms with Crippen LogP contribution >= 0.6 is 11.3 Å². The van der Waals surface area contributed by atoms with Crippen LogP contribution in [-0.4, -0.2) is 29.1 Å². The van der Waals surface area contributed by atoms with Gasteiger partial charge in [0.05, 0.1) is 11.6 Å². The van der Waals surface area contributed by atoms with Crippen molar-refractivity contribution in [2.75, 3.05) is 13.1 Å². The van der Waals surface area contributed by atoms with Crippen LogP contribution in [0.5, 0.6) is 5.75 Å². The minimum atomic E-state index is 0.410. The lowest BCUT2D eigenvalue weighted by Gasteiger charge is -2.19. The van der Waals surface area contributed by atoms with E-state index in [1.165, 1.54) is 30.8 Å². The molecule has 2 heterocycles. The summed E-state index contributed by atoms with van der Waals surface area (Å²) >= 11 is 1.76. The molecule has 2 fully saturated rings. The maximum absolute atomic E-state index is 6.13. The summed E-state index contributed by atoms with van der Waals surface area (Å²) in [5.74, 6) is 2.64. The Hall–Kier alpha value is -1.39. The maximum atomic E-state index is 6.13. The quantitative estimate of drug-likeness (QED) is 0.865. The molecule has 1 saturated carbocycles. The molecular weight excluding hydrogens is 280 g/mol. The van der Waals surface area contributed by atoms with Crippen molar-refractivity contribution in [2.45, 2.75) is 25.5 Å². The lowest BCUT2D eigenvalue weighted by Crippen LogP contribution is -2.23. The molecule has 1 aliphatic carbocycles. The van der Waals surface area contributed by atoms with E-state index in [1.807, 2.05) is 29.9 Å². The van der Waals surface area contributed by atoms with Gasteiger partial charge >= 0.3 is 0 Å². The van der Waals surface area contributed by atoms with Gasteiger partial charge in [-0.3, -0.25) is 9.88 Å². The third kappa shape index (κ3) is 2.97. The Morgan fingerprint density at radius 2 is 1.90 bits per heavy atom. The standard InChI is InChI=1S/C17H20N2OS/c1-2-4-15(5-3-1)20-16-6-13-9-19(10-14(13)7-16)11-17-8-18-12-21-17/h1-5,8,12-14,16H,6-7,9-11H2/t13-,14+,16?. The van der Waals surface area contributed by atoms with Gasteiger partial charge < -0.3 is 4.74 Å². The van der Waals surface area contributed by atoms with E-state index < -0.39 is 0 Å². The average molecular weight is 300 g/mol. The number of thiazole rings is 1. The maximum Gasteiger partial charge on any atom is 0.119 e. The van der Waals surface area contributed by atoms with Gasteiger partial charge in [0.25, 0.3) is 0 Å². The Kier molecular flexibility index (Phi) is 3.65. The zero-order chi connectivity index (χ0) is 14.1. The summed E-state index contributed by atoms with van der Waals surface area (Å²) in [5.41, 5.74) is 1.93. The number of fused-ring (bicyclic) bond motifs is 1. The zero-order valence-corrected chi connectivity index (χ0v) is 12.8. The van der Waals surface area contributed by atoms with Crippen LogP contribution in [-0.2, 0) is 6.54 Å². The number of likely N-dealkylation sites (tertiary alicyclic amines) is 1. The number of aromatic nitrogens is 1. The Morgan fingerprint density at radius 3 is 2.57 bits per heavy atom. The van der Waals surface area contributed by atoms with Crippen LogP contribution in [0, 0.1) is 11.8 Å². The number of rotatable bonds is 4. The molecule has 3 nitrogen and oxygen atoms in total. The van der Waals surface area contributed by atoms with E-state index >= 15 is 0 Å². The van der Waals surface area contributed by atoms with Crippen LogP contribution < -0.4 is 4.74 Å². The summed E-state index contributed by atoms with van der Waals surface area (Å²) in [6.07, 6.45) is 4.82. The molecule has 1 aliphatic heterocycles. The van der Waals surface area contributed by atoms with Gasteiger partial charge in [0.15, 0.2) is 0 Å². The van der Waals surface area contributed by atoms with Crippen LogP contribution in [0.15, 0.2) is 42.0 Å². The molecule has 110 valence electrons. The predicted octanol–water partition coefficient (Wildman–Crippen LogP) is 3.43. The van der Waals surface area contributed by atoms with Gasteiger partial charge in [0, 0.05) is 30.7 Å². The summed E-state index contributed by atoms with van der Waals surface area (Å²) in [5, 5.41) is 0. The summed E-state index contributed by atoms with van der Waals surface area (Å²) in [4.78, 5) is 8.13. The first-order valence-electron chi connectivity index (χ1n) is 7.68. The van der Waals surface area contributed by atoms with Crippen molar-refractivity contribution < 1.29 is 4.74 Å². The molecule has 1 aromatic carbocycles. The summed E-state index contributed by atoms with van der Waals surface area (Å²) in [6.45, 7) is 3.51. The minimum absolute atomic E-state index is 0.410. The highest BCUT2D eigenvalue weighted by atomic mass is 32.1. The Labute approximate surface area is 129 Å². The molecular formula is C17H20N2OS. The first-order chi connectivity index (χ1) is 10.4. The van der Waals surface area contributed by atoms with Gasteiger partial charge in [-0.2, -0.15) is 0 Å². The van der Waals surface area contributed by atoms with Gasteiger partial charge in [0.1, 0.15) is 5.75 Å². The number of hydrogen-bond acceptors (Lipinski definition) is 4. The van der Waals surface area contributed by atoms with Gasteiger partial charge in [-0.15, -0.1) is 11.3 Å². The number of para-hydroxylation sites is 1. The average Bonchev–Trinajstić information content (AvgIpc) is 3.17. The van der Waals surface area contributed by atoms with Crippen LogP contribution in [0.25, 0.3) is 0 Å². The van der Waals surface area contributed by atoms with Crippen molar-refractivity contribution in [2.24, 2.45) is 11.8 Å². The Bertz CT molecular complexity index is 558. The molecule has 4 rings (SSSR count). The van der Waals surface area contributed by atoms with Crippen molar-refractivity contribution in [3.8, 4) is 5.75 Å².